The van der Waals surface area contributed by atoms with E-state index in [1.165, 1.54) is 0 Å². The smallest absolute Gasteiger partial charge is 0.252 e. The molecule has 20 heavy (non-hydrogen) atoms. The molecule has 0 aliphatic rings. The zero-order valence-electron chi connectivity index (χ0n) is 11.0. The first-order chi connectivity index (χ1) is 9.70. The van der Waals surface area contributed by atoms with Gasteiger partial charge < -0.3 is 9.57 Å². The molecular weight excluding hydrogens is 276 g/mol. The standard InChI is InChI=1S/C15H15ClN2O2/c1-18-20-15(17)14(11-5-3-2-4-6-11)19-13-9-7-12(16)8-10-13/h2-10,14,17-18H,1H3. The molecule has 0 saturated carbocycles. The SMILES string of the molecule is CNOC(=N)C(Oc1ccc(Cl)cc1)c1ccccc1. The van der Waals surface area contributed by atoms with Crippen molar-refractivity contribution in [3.8, 4) is 5.75 Å². The lowest BCUT2D eigenvalue weighted by molar-refractivity contribution is 0.153. The summed E-state index contributed by atoms with van der Waals surface area (Å²) in [4.78, 5) is 5.04. The lowest BCUT2D eigenvalue weighted by Gasteiger charge is -2.19. The predicted molar refractivity (Wildman–Crippen MR) is 79.1 cm³/mol. The van der Waals surface area contributed by atoms with Crippen LogP contribution in [-0.4, -0.2) is 12.9 Å². The fraction of sp³-hybridized carbons (Fsp3) is 0.133. The molecule has 0 aliphatic carbocycles. The molecule has 4 nitrogen and oxygen atoms in total. The lowest BCUT2D eigenvalue weighted by atomic mass is 10.1. The van der Waals surface area contributed by atoms with Gasteiger partial charge in [0.2, 0.25) is 6.10 Å². The van der Waals surface area contributed by atoms with Gasteiger partial charge in [-0.15, -0.1) is 0 Å². The van der Waals surface area contributed by atoms with E-state index in [0.717, 1.165) is 5.56 Å². The highest BCUT2D eigenvalue weighted by Crippen LogP contribution is 2.24. The molecule has 2 rings (SSSR count). The molecule has 0 saturated heterocycles. The van der Waals surface area contributed by atoms with Gasteiger partial charge in [-0.2, -0.15) is 5.48 Å². The number of ether oxygens (including phenoxy) is 1. The molecule has 2 aromatic carbocycles. The van der Waals surface area contributed by atoms with Gasteiger partial charge >= 0.3 is 0 Å². The maximum absolute atomic E-state index is 7.94. The third-order valence-electron chi connectivity index (χ3n) is 2.62. The van der Waals surface area contributed by atoms with Crippen molar-refractivity contribution in [2.45, 2.75) is 6.10 Å². The maximum Gasteiger partial charge on any atom is 0.252 e. The second-order valence-corrected chi connectivity index (χ2v) is 4.47. The van der Waals surface area contributed by atoms with Crippen molar-refractivity contribution < 1.29 is 9.57 Å². The van der Waals surface area contributed by atoms with Crippen LogP contribution in [0.25, 0.3) is 0 Å². The lowest BCUT2D eigenvalue weighted by Crippen LogP contribution is -2.25. The van der Waals surface area contributed by atoms with Crippen LogP contribution in [0, 0.1) is 5.41 Å². The van der Waals surface area contributed by atoms with Gasteiger partial charge in [0.25, 0.3) is 5.90 Å². The van der Waals surface area contributed by atoms with Gasteiger partial charge in [0.1, 0.15) is 5.75 Å². The van der Waals surface area contributed by atoms with E-state index in [2.05, 4.69) is 5.48 Å². The minimum Gasteiger partial charge on any atom is -0.476 e. The maximum atomic E-state index is 7.94. The van der Waals surface area contributed by atoms with E-state index in [1.807, 2.05) is 30.3 Å². The van der Waals surface area contributed by atoms with E-state index in [1.54, 1.807) is 31.3 Å². The Kier molecular flexibility index (Phi) is 4.98. The van der Waals surface area contributed by atoms with Crippen molar-refractivity contribution in [2.75, 3.05) is 7.05 Å². The largest absolute Gasteiger partial charge is 0.476 e. The molecule has 2 N–H and O–H groups in total. The van der Waals surface area contributed by atoms with Crippen LogP contribution in [0.4, 0.5) is 0 Å². The summed E-state index contributed by atoms with van der Waals surface area (Å²) in [5.74, 6) is 0.598. The van der Waals surface area contributed by atoms with Crippen molar-refractivity contribution >= 4 is 17.5 Å². The number of halogens is 1. The van der Waals surface area contributed by atoms with E-state index < -0.39 is 6.10 Å². The Balaban J connectivity index is 2.23. The summed E-state index contributed by atoms with van der Waals surface area (Å²) in [7, 11) is 1.60. The van der Waals surface area contributed by atoms with Crippen LogP contribution in [0.1, 0.15) is 11.7 Å². The van der Waals surface area contributed by atoms with Crippen LogP contribution in [0.5, 0.6) is 5.75 Å². The molecule has 0 fully saturated rings. The molecule has 5 heteroatoms. The molecule has 1 unspecified atom stereocenters. The minimum atomic E-state index is -0.621. The highest BCUT2D eigenvalue weighted by Gasteiger charge is 2.21. The Bertz CT molecular complexity index is 558. The number of benzene rings is 2. The Morgan fingerprint density at radius 3 is 2.35 bits per heavy atom. The molecular formula is C15H15ClN2O2. The second-order valence-electron chi connectivity index (χ2n) is 4.03. The van der Waals surface area contributed by atoms with Crippen LogP contribution >= 0.6 is 11.6 Å². The quantitative estimate of drug-likeness (QED) is 0.503. The Morgan fingerprint density at radius 1 is 1.10 bits per heavy atom. The molecule has 0 bridgehead atoms. The molecule has 0 aromatic heterocycles. The first-order valence-electron chi connectivity index (χ1n) is 6.10. The number of rotatable bonds is 5. The molecule has 0 amide bonds. The summed E-state index contributed by atoms with van der Waals surface area (Å²) in [5, 5.41) is 8.57. The van der Waals surface area contributed by atoms with Crippen molar-refractivity contribution in [3.63, 3.8) is 0 Å². The summed E-state index contributed by atoms with van der Waals surface area (Å²) in [5.41, 5.74) is 3.32. The summed E-state index contributed by atoms with van der Waals surface area (Å²) >= 11 is 5.85. The normalized spacial score (nSPS) is 11.7. The van der Waals surface area contributed by atoms with Crippen LogP contribution in [0.2, 0.25) is 5.02 Å². The molecule has 0 radical (unpaired) electrons. The highest BCUT2D eigenvalue weighted by molar-refractivity contribution is 6.30. The van der Waals surface area contributed by atoms with Gasteiger partial charge in [-0.1, -0.05) is 41.9 Å². The molecule has 104 valence electrons. The Labute approximate surface area is 122 Å². The van der Waals surface area contributed by atoms with E-state index in [0.29, 0.717) is 10.8 Å². The molecule has 0 aliphatic heterocycles. The minimum absolute atomic E-state index is 0.0198. The zero-order chi connectivity index (χ0) is 14.4. The van der Waals surface area contributed by atoms with Gasteiger partial charge in [0.15, 0.2) is 0 Å². The van der Waals surface area contributed by atoms with E-state index in [9.17, 15) is 0 Å². The summed E-state index contributed by atoms with van der Waals surface area (Å²) in [6.07, 6.45) is -0.621. The molecule has 0 heterocycles. The predicted octanol–water partition coefficient (Wildman–Crippen LogP) is 3.59. The van der Waals surface area contributed by atoms with Crippen LogP contribution in [-0.2, 0) is 4.84 Å². The third-order valence-corrected chi connectivity index (χ3v) is 2.87. The summed E-state index contributed by atoms with van der Waals surface area (Å²) in [6, 6.07) is 16.4. The van der Waals surface area contributed by atoms with Gasteiger partial charge in [0.05, 0.1) is 0 Å². The average molecular weight is 291 g/mol. The molecule has 0 spiro atoms. The van der Waals surface area contributed by atoms with Gasteiger partial charge in [0, 0.05) is 17.6 Å². The van der Waals surface area contributed by atoms with Crippen molar-refractivity contribution in [3.05, 3.63) is 65.2 Å². The molecule has 1 atom stereocenters. The number of hydrogen-bond donors (Lipinski definition) is 2. The average Bonchev–Trinajstić information content (AvgIpc) is 2.48. The van der Waals surface area contributed by atoms with Gasteiger partial charge in [-0.3, -0.25) is 5.41 Å². The van der Waals surface area contributed by atoms with Crippen molar-refractivity contribution in [1.82, 2.24) is 5.48 Å². The number of hydrogen-bond acceptors (Lipinski definition) is 4. The monoisotopic (exact) mass is 290 g/mol. The molecule has 2 aromatic rings. The first kappa shape index (κ1) is 14.4. The van der Waals surface area contributed by atoms with Crippen molar-refractivity contribution in [2.24, 2.45) is 0 Å². The number of nitrogens with one attached hydrogen (secondary N) is 2. The fourth-order valence-corrected chi connectivity index (χ4v) is 1.84. The first-order valence-corrected chi connectivity index (χ1v) is 6.47. The van der Waals surface area contributed by atoms with Crippen LogP contribution in [0.15, 0.2) is 54.6 Å². The topological polar surface area (TPSA) is 54.3 Å². The number of hydroxylamine groups is 1. The second kappa shape index (κ2) is 6.93. The van der Waals surface area contributed by atoms with Gasteiger partial charge in [-0.25, -0.2) is 0 Å². The van der Waals surface area contributed by atoms with E-state index >= 15 is 0 Å². The Morgan fingerprint density at radius 2 is 1.75 bits per heavy atom. The van der Waals surface area contributed by atoms with Crippen LogP contribution in [0.3, 0.4) is 0 Å². The van der Waals surface area contributed by atoms with Gasteiger partial charge in [-0.05, 0) is 24.3 Å². The van der Waals surface area contributed by atoms with Crippen molar-refractivity contribution in [1.29, 1.82) is 5.41 Å². The highest BCUT2D eigenvalue weighted by atomic mass is 35.5. The van der Waals surface area contributed by atoms with Crippen LogP contribution < -0.4 is 10.2 Å². The fourth-order valence-electron chi connectivity index (χ4n) is 1.71. The van der Waals surface area contributed by atoms with E-state index in [4.69, 9.17) is 26.6 Å². The summed E-state index contributed by atoms with van der Waals surface area (Å²) in [6.45, 7) is 0. The zero-order valence-corrected chi connectivity index (χ0v) is 11.7. The third kappa shape index (κ3) is 3.73. The summed E-state index contributed by atoms with van der Waals surface area (Å²) < 4.78 is 5.82. The van der Waals surface area contributed by atoms with E-state index in [-0.39, 0.29) is 5.90 Å². The Hall–Kier alpha value is -2.04.